The molecular formula is C15H22N4O. The molecule has 0 bridgehead atoms. The molecule has 3 rings (SSSR count). The number of aromatic nitrogens is 2. The summed E-state index contributed by atoms with van der Waals surface area (Å²) in [5, 5.41) is 2.29. The second-order valence-electron chi connectivity index (χ2n) is 5.59. The fourth-order valence-corrected chi connectivity index (χ4v) is 2.80. The Hall–Kier alpha value is -1.91. The van der Waals surface area contributed by atoms with Gasteiger partial charge in [-0.2, -0.15) is 0 Å². The Bertz CT molecular complexity index is 599. The fraction of sp³-hybridized carbons (Fsp3) is 0.533. The van der Waals surface area contributed by atoms with Crippen LogP contribution in [0.4, 0.5) is 5.95 Å². The number of nitrogens with two attached hydrogens (primary N) is 1. The van der Waals surface area contributed by atoms with E-state index in [9.17, 15) is 0 Å². The van der Waals surface area contributed by atoms with Gasteiger partial charge in [0.05, 0.1) is 11.6 Å². The largest absolute Gasteiger partial charge is 0.489 e. The van der Waals surface area contributed by atoms with E-state index >= 15 is 0 Å². The van der Waals surface area contributed by atoms with Crippen molar-refractivity contribution in [2.45, 2.75) is 39.2 Å². The third-order valence-electron chi connectivity index (χ3n) is 3.63. The van der Waals surface area contributed by atoms with E-state index in [1.807, 2.05) is 30.7 Å². The van der Waals surface area contributed by atoms with Gasteiger partial charge in [-0.15, -0.1) is 0 Å². The standard InChI is InChI=1S/C15H22N4O/c1-11(2)20-13-8-6-7-12-14(13)17-15(16)19(12)18-9-4-3-5-10-18/h6-8,11H,3-5,9-10H2,1-2H3,(H2,16,17). The number of nitrogens with zero attached hydrogens (tertiary/aromatic N) is 3. The Kier molecular flexibility index (Phi) is 3.42. The molecule has 108 valence electrons. The van der Waals surface area contributed by atoms with Gasteiger partial charge in [-0.3, -0.25) is 0 Å². The van der Waals surface area contributed by atoms with Crippen molar-refractivity contribution in [3.05, 3.63) is 18.2 Å². The van der Waals surface area contributed by atoms with Crippen LogP contribution in [-0.4, -0.2) is 28.9 Å². The highest BCUT2D eigenvalue weighted by Crippen LogP contribution is 2.28. The van der Waals surface area contributed by atoms with Crippen LogP contribution < -0.4 is 15.5 Å². The highest BCUT2D eigenvalue weighted by Gasteiger charge is 2.19. The number of fused-ring (bicyclic) bond motifs is 1. The van der Waals surface area contributed by atoms with Crippen molar-refractivity contribution in [2.24, 2.45) is 0 Å². The number of hydrogen-bond donors (Lipinski definition) is 1. The third kappa shape index (κ3) is 2.28. The average molecular weight is 274 g/mol. The summed E-state index contributed by atoms with van der Waals surface area (Å²) in [5.74, 6) is 1.35. The second-order valence-corrected chi connectivity index (χ2v) is 5.59. The van der Waals surface area contributed by atoms with Gasteiger partial charge in [0, 0.05) is 13.1 Å². The van der Waals surface area contributed by atoms with Crippen LogP contribution in [-0.2, 0) is 0 Å². The van der Waals surface area contributed by atoms with Gasteiger partial charge >= 0.3 is 0 Å². The summed E-state index contributed by atoms with van der Waals surface area (Å²) in [6, 6.07) is 6.01. The molecule has 0 aliphatic carbocycles. The quantitative estimate of drug-likeness (QED) is 0.934. The lowest BCUT2D eigenvalue weighted by Crippen LogP contribution is -2.39. The monoisotopic (exact) mass is 274 g/mol. The van der Waals surface area contributed by atoms with Crippen molar-refractivity contribution >= 4 is 17.0 Å². The molecule has 5 heteroatoms. The van der Waals surface area contributed by atoms with E-state index in [2.05, 4.69) is 16.1 Å². The maximum absolute atomic E-state index is 6.14. The van der Waals surface area contributed by atoms with Gasteiger partial charge in [0.2, 0.25) is 5.95 Å². The molecule has 2 aromatic rings. The van der Waals surface area contributed by atoms with Crippen molar-refractivity contribution in [3.63, 3.8) is 0 Å². The van der Waals surface area contributed by atoms with Crippen molar-refractivity contribution in [2.75, 3.05) is 23.8 Å². The first kappa shape index (κ1) is 13.1. The predicted octanol–water partition coefficient (Wildman–Crippen LogP) is 2.53. The topological polar surface area (TPSA) is 56.3 Å². The fourth-order valence-electron chi connectivity index (χ4n) is 2.80. The van der Waals surface area contributed by atoms with Crippen LogP contribution in [0.25, 0.3) is 11.0 Å². The highest BCUT2D eigenvalue weighted by atomic mass is 16.5. The van der Waals surface area contributed by atoms with Crippen molar-refractivity contribution in [1.82, 2.24) is 9.66 Å². The molecule has 5 nitrogen and oxygen atoms in total. The predicted molar refractivity (Wildman–Crippen MR) is 81.7 cm³/mol. The van der Waals surface area contributed by atoms with E-state index in [1.165, 1.54) is 19.3 Å². The molecule has 0 amide bonds. The van der Waals surface area contributed by atoms with Crippen molar-refractivity contribution in [1.29, 1.82) is 0 Å². The molecule has 1 aliphatic heterocycles. The normalized spacial score (nSPS) is 16.1. The van der Waals surface area contributed by atoms with Gasteiger partial charge in [-0.05, 0) is 45.2 Å². The molecule has 1 fully saturated rings. The van der Waals surface area contributed by atoms with Crippen molar-refractivity contribution < 1.29 is 4.74 Å². The minimum atomic E-state index is 0.127. The number of nitrogen functional groups attached to an aromatic ring is 1. The Labute approximate surface area is 119 Å². The summed E-state index contributed by atoms with van der Waals surface area (Å²) in [5.41, 5.74) is 8.02. The molecule has 0 unspecified atom stereocenters. The summed E-state index contributed by atoms with van der Waals surface area (Å²) in [6.45, 7) is 6.10. The Morgan fingerprint density at radius 3 is 2.65 bits per heavy atom. The molecule has 1 aliphatic rings. The maximum Gasteiger partial charge on any atom is 0.220 e. The van der Waals surface area contributed by atoms with Gasteiger partial charge in [0.25, 0.3) is 0 Å². The Morgan fingerprint density at radius 2 is 1.95 bits per heavy atom. The number of imidazole rings is 1. The van der Waals surface area contributed by atoms with Crippen LogP contribution in [0.1, 0.15) is 33.1 Å². The van der Waals surface area contributed by atoms with Gasteiger partial charge in [0.15, 0.2) is 0 Å². The number of para-hydroxylation sites is 1. The summed E-state index contributed by atoms with van der Waals surface area (Å²) in [6.07, 6.45) is 3.84. The van der Waals surface area contributed by atoms with E-state index in [0.29, 0.717) is 5.95 Å². The van der Waals surface area contributed by atoms with E-state index in [1.54, 1.807) is 0 Å². The zero-order valence-electron chi connectivity index (χ0n) is 12.2. The average Bonchev–Trinajstić information content (AvgIpc) is 2.76. The Balaban J connectivity index is 2.06. The van der Waals surface area contributed by atoms with E-state index in [0.717, 1.165) is 29.9 Å². The minimum Gasteiger partial charge on any atom is -0.489 e. The molecule has 0 spiro atoms. The lowest BCUT2D eigenvalue weighted by atomic mass is 10.2. The molecule has 0 radical (unpaired) electrons. The first-order valence-corrected chi connectivity index (χ1v) is 7.35. The molecule has 1 aromatic heterocycles. The van der Waals surface area contributed by atoms with E-state index < -0.39 is 0 Å². The first-order valence-electron chi connectivity index (χ1n) is 7.35. The lowest BCUT2D eigenvalue weighted by Gasteiger charge is -2.30. The number of benzene rings is 1. The van der Waals surface area contributed by atoms with Gasteiger partial charge in [-0.25, -0.2) is 9.66 Å². The van der Waals surface area contributed by atoms with Gasteiger partial charge < -0.3 is 15.5 Å². The Morgan fingerprint density at radius 1 is 1.20 bits per heavy atom. The molecule has 1 saturated heterocycles. The van der Waals surface area contributed by atoms with Crippen LogP contribution in [0, 0.1) is 0 Å². The zero-order chi connectivity index (χ0) is 14.1. The SMILES string of the molecule is CC(C)Oc1cccc2c1nc(N)n2N1CCCCC1. The van der Waals surface area contributed by atoms with Crippen LogP contribution in [0.3, 0.4) is 0 Å². The lowest BCUT2D eigenvalue weighted by molar-refractivity contribution is 0.245. The molecule has 1 aromatic carbocycles. The number of hydrogen-bond acceptors (Lipinski definition) is 4. The summed E-state index contributed by atoms with van der Waals surface area (Å²) < 4.78 is 7.88. The van der Waals surface area contributed by atoms with Gasteiger partial charge in [0.1, 0.15) is 11.3 Å². The van der Waals surface area contributed by atoms with E-state index in [4.69, 9.17) is 10.5 Å². The van der Waals surface area contributed by atoms with Gasteiger partial charge in [-0.1, -0.05) is 6.07 Å². The molecule has 0 atom stereocenters. The summed E-state index contributed by atoms with van der Waals surface area (Å²) in [4.78, 5) is 4.52. The molecule has 0 saturated carbocycles. The minimum absolute atomic E-state index is 0.127. The first-order chi connectivity index (χ1) is 9.66. The number of ether oxygens (including phenoxy) is 1. The molecule has 2 N–H and O–H groups in total. The van der Waals surface area contributed by atoms with Crippen LogP contribution in [0.15, 0.2) is 18.2 Å². The van der Waals surface area contributed by atoms with Crippen LogP contribution >= 0.6 is 0 Å². The maximum atomic E-state index is 6.14. The zero-order valence-corrected chi connectivity index (χ0v) is 12.2. The van der Waals surface area contributed by atoms with Crippen molar-refractivity contribution in [3.8, 4) is 5.75 Å². The number of anilines is 1. The highest BCUT2D eigenvalue weighted by molar-refractivity contribution is 5.84. The number of piperidine rings is 1. The third-order valence-corrected chi connectivity index (χ3v) is 3.63. The summed E-state index contributed by atoms with van der Waals surface area (Å²) >= 11 is 0. The molecule has 2 heterocycles. The van der Waals surface area contributed by atoms with Crippen LogP contribution in [0.5, 0.6) is 5.75 Å². The summed E-state index contributed by atoms with van der Waals surface area (Å²) in [7, 11) is 0. The second kappa shape index (κ2) is 5.23. The molecular weight excluding hydrogens is 252 g/mol. The van der Waals surface area contributed by atoms with E-state index in [-0.39, 0.29) is 6.10 Å². The van der Waals surface area contributed by atoms with Crippen LogP contribution in [0.2, 0.25) is 0 Å². The number of rotatable bonds is 3. The smallest absolute Gasteiger partial charge is 0.220 e. The molecule has 20 heavy (non-hydrogen) atoms.